The van der Waals surface area contributed by atoms with E-state index in [0.717, 1.165) is 44.6 Å². The Morgan fingerprint density at radius 1 is 1.14 bits per heavy atom. The van der Waals surface area contributed by atoms with Gasteiger partial charge in [-0.3, -0.25) is 0 Å². The minimum Gasteiger partial charge on any atom is -0.324 e. The van der Waals surface area contributed by atoms with Crippen LogP contribution in [0.5, 0.6) is 0 Å². The lowest BCUT2D eigenvalue weighted by Gasteiger charge is -2.25. The van der Waals surface area contributed by atoms with Gasteiger partial charge in [-0.25, -0.2) is 4.39 Å². The number of nitrogens with zero attached hydrogens (tertiary/aromatic N) is 2. The summed E-state index contributed by atoms with van der Waals surface area (Å²) in [5, 5.41) is 0. The Morgan fingerprint density at radius 2 is 1.86 bits per heavy atom. The normalized spacial score (nSPS) is 13.1. The average Bonchev–Trinajstić information content (AvgIpc) is 2.44. The summed E-state index contributed by atoms with van der Waals surface area (Å²) >= 11 is 0. The molecular formula is C17H30FN3. The van der Waals surface area contributed by atoms with Crippen molar-refractivity contribution in [3.8, 4) is 0 Å². The molecule has 0 heterocycles. The van der Waals surface area contributed by atoms with Gasteiger partial charge < -0.3 is 15.5 Å². The molecule has 1 aromatic carbocycles. The van der Waals surface area contributed by atoms with Crippen molar-refractivity contribution in [3.63, 3.8) is 0 Å². The van der Waals surface area contributed by atoms with E-state index < -0.39 is 0 Å². The number of hydrogen-bond donors (Lipinski definition) is 1. The van der Waals surface area contributed by atoms with E-state index in [2.05, 4.69) is 30.8 Å². The minimum atomic E-state index is -0.166. The first-order valence-corrected chi connectivity index (χ1v) is 7.82. The second-order valence-corrected chi connectivity index (χ2v) is 6.05. The Bertz CT molecular complexity index is 420. The molecule has 0 saturated carbocycles. The number of halogens is 1. The molecule has 21 heavy (non-hydrogen) atoms. The van der Waals surface area contributed by atoms with E-state index in [9.17, 15) is 4.39 Å². The monoisotopic (exact) mass is 295 g/mol. The molecular weight excluding hydrogens is 265 g/mol. The quantitative estimate of drug-likeness (QED) is 0.760. The van der Waals surface area contributed by atoms with Crippen LogP contribution in [0.3, 0.4) is 0 Å². The highest BCUT2D eigenvalue weighted by Crippen LogP contribution is 2.18. The molecule has 1 atom stereocenters. The maximum atomic E-state index is 13.6. The Hall–Kier alpha value is -0.970. The van der Waals surface area contributed by atoms with Crippen molar-refractivity contribution in [2.45, 2.75) is 32.7 Å². The topological polar surface area (TPSA) is 32.5 Å². The second-order valence-electron chi connectivity index (χ2n) is 6.05. The molecule has 0 radical (unpaired) electrons. The first-order valence-electron chi connectivity index (χ1n) is 7.82. The lowest BCUT2D eigenvalue weighted by atomic mass is 10.0. The van der Waals surface area contributed by atoms with E-state index in [0.29, 0.717) is 5.56 Å². The molecule has 0 amide bonds. The highest BCUT2D eigenvalue weighted by Gasteiger charge is 2.11. The lowest BCUT2D eigenvalue weighted by molar-refractivity contribution is 0.234. The van der Waals surface area contributed by atoms with Crippen molar-refractivity contribution in [1.82, 2.24) is 9.80 Å². The molecule has 0 aliphatic heterocycles. The van der Waals surface area contributed by atoms with E-state index >= 15 is 0 Å². The Labute approximate surface area is 128 Å². The summed E-state index contributed by atoms with van der Waals surface area (Å²) in [5.41, 5.74) is 7.77. The molecule has 1 aromatic rings. The van der Waals surface area contributed by atoms with Gasteiger partial charge in [0.1, 0.15) is 5.82 Å². The predicted octanol–water partition coefficient (Wildman–Crippen LogP) is 2.80. The summed E-state index contributed by atoms with van der Waals surface area (Å²) in [6, 6.07) is 5.22. The van der Waals surface area contributed by atoms with Crippen LogP contribution in [0.2, 0.25) is 0 Å². The zero-order valence-electron chi connectivity index (χ0n) is 13.9. The fourth-order valence-corrected chi connectivity index (χ4v) is 2.32. The number of aryl methyl sites for hydroxylation is 1. The molecule has 0 saturated heterocycles. The molecule has 2 N–H and O–H groups in total. The van der Waals surface area contributed by atoms with Crippen LogP contribution in [0, 0.1) is 12.7 Å². The van der Waals surface area contributed by atoms with Crippen LogP contribution < -0.4 is 5.73 Å². The Morgan fingerprint density at radius 3 is 2.43 bits per heavy atom. The van der Waals surface area contributed by atoms with Gasteiger partial charge in [0.05, 0.1) is 0 Å². The van der Waals surface area contributed by atoms with Crippen LogP contribution in [0.1, 0.15) is 36.9 Å². The lowest BCUT2D eigenvalue weighted by Crippen LogP contribution is -2.34. The van der Waals surface area contributed by atoms with Crippen molar-refractivity contribution in [3.05, 3.63) is 35.1 Å². The maximum absolute atomic E-state index is 13.6. The van der Waals surface area contributed by atoms with Crippen LogP contribution in [0.15, 0.2) is 18.2 Å². The van der Waals surface area contributed by atoms with Gasteiger partial charge in [0.25, 0.3) is 0 Å². The van der Waals surface area contributed by atoms with Crippen molar-refractivity contribution in [1.29, 1.82) is 0 Å². The van der Waals surface area contributed by atoms with Gasteiger partial charge in [0.15, 0.2) is 0 Å². The van der Waals surface area contributed by atoms with E-state index in [1.807, 2.05) is 6.07 Å². The molecule has 120 valence electrons. The Balaban J connectivity index is 2.51. The predicted molar refractivity (Wildman–Crippen MR) is 88.0 cm³/mol. The van der Waals surface area contributed by atoms with Crippen molar-refractivity contribution in [2.24, 2.45) is 5.73 Å². The fraction of sp³-hybridized carbons (Fsp3) is 0.647. The van der Waals surface area contributed by atoms with Crippen molar-refractivity contribution >= 4 is 0 Å². The number of benzene rings is 1. The standard InChI is InChI=1S/C17H30FN3/c1-5-9-21(12-11-20(3)4)10-8-17(19)15-7-6-14(2)16(18)13-15/h6-7,13,17H,5,8-12,19H2,1-4H3. The molecule has 0 aliphatic carbocycles. The highest BCUT2D eigenvalue weighted by atomic mass is 19.1. The number of nitrogens with two attached hydrogens (primary N) is 1. The summed E-state index contributed by atoms with van der Waals surface area (Å²) in [6.07, 6.45) is 2.00. The summed E-state index contributed by atoms with van der Waals surface area (Å²) < 4.78 is 13.6. The van der Waals surface area contributed by atoms with Gasteiger partial charge in [-0.15, -0.1) is 0 Å². The van der Waals surface area contributed by atoms with Crippen LogP contribution in [0.4, 0.5) is 4.39 Å². The third-order valence-corrected chi connectivity index (χ3v) is 3.78. The third kappa shape index (κ3) is 6.55. The number of hydrogen-bond acceptors (Lipinski definition) is 3. The average molecular weight is 295 g/mol. The molecule has 0 fully saturated rings. The molecule has 3 nitrogen and oxygen atoms in total. The van der Waals surface area contributed by atoms with Gasteiger partial charge in [0, 0.05) is 19.1 Å². The van der Waals surface area contributed by atoms with Crippen LogP contribution >= 0.6 is 0 Å². The second kappa shape index (κ2) is 9.13. The van der Waals surface area contributed by atoms with Gasteiger partial charge in [-0.2, -0.15) is 0 Å². The van der Waals surface area contributed by atoms with Crippen LogP contribution in [0.25, 0.3) is 0 Å². The van der Waals surface area contributed by atoms with Gasteiger partial charge in [-0.1, -0.05) is 19.1 Å². The zero-order valence-corrected chi connectivity index (χ0v) is 13.9. The molecule has 0 bridgehead atoms. The molecule has 1 unspecified atom stereocenters. The highest BCUT2D eigenvalue weighted by molar-refractivity contribution is 5.25. The summed E-state index contributed by atoms with van der Waals surface area (Å²) in [5.74, 6) is -0.166. The first kappa shape index (κ1) is 18.1. The van der Waals surface area contributed by atoms with E-state index in [1.165, 1.54) is 0 Å². The molecule has 0 spiro atoms. The summed E-state index contributed by atoms with van der Waals surface area (Å²) in [4.78, 5) is 4.63. The largest absolute Gasteiger partial charge is 0.324 e. The number of rotatable bonds is 9. The summed E-state index contributed by atoms with van der Waals surface area (Å²) in [6.45, 7) is 8.11. The third-order valence-electron chi connectivity index (χ3n) is 3.78. The minimum absolute atomic E-state index is 0.0983. The van der Waals surface area contributed by atoms with E-state index in [4.69, 9.17) is 5.73 Å². The maximum Gasteiger partial charge on any atom is 0.126 e. The molecule has 1 rings (SSSR count). The number of likely N-dealkylation sites (N-methyl/N-ethyl adjacent to an activating group) is 1. The zero-order chi connectivity index (χ0) is 15.8. The van der Waals surface area contributed by atoms with Gasteiger partial charge >= 0.3 is 0 Å². The fourth-order valence-electron chi connectivity index (χ4n) is 2.32. The van der Waals surface area contributed by atoms with Crippen molar-refractivity contribution < 1.29 is 4.39 Å². The van der Waals surface area contributed by atoms with Crippen LogP contribution in [-0.2, 0) is 0 Å². The van der Waals surface area contributed by atoms with Crippen LogP contribution in [-0.4, -0.2) is 50.1 Å². The molecule has 4 heteroatoms. The van der Waals surface area contributed by atoms with E-state index in [-0.39, 0.29) is 11.9 Å². The van der Waals surface area contributed by atoms with Gasteiger partial charge in [0.2, 0.25) is 0 Å². The summed E-state index contributed by atoms with van der Waals surface area (Å²) in [7, 11) is 4.18. The van der Waals surface area contributed by atoms with E-state index in [1.54, 1.807) is 19.1 Å². The van der Waals surface area contributed by atoms with Gasteiger partial charge in [-0.05, 0) is 64.1 Å². The molecule has 0 aliphatic rings. The molecule has 0 aromatic heterocycles. The first-order chi connectivity index (χ1) is 9.93. The SMILES string of the molecule is CCCN(CCC(N)c1ccc(C)c(F)c1)CCN(C)C. The smallest absolute Gasteiger partial charge is 0.126 e. The Kier molecular flexibility index (Phi) is 7.86. The van der Waals surface area contributed by atoms with Crippen molar-refractivity contribution in [2.75, 3.05) is 40.3 Å².